The third-order valence-electron chi connectivity index (χ3n) is 2.72. The largest absolute Gasteiger partial charge is 0.478 e. The number of carboxylic acids is 1. The molecule has 0 saturated carbocycles. The highest BCUT2D eigenvalue weighted by atomic mass is 79.9. The van der Waals surface area contributed by atoms with Crippen LogP contribution in [0.5, 0.6) is 0 Å². The number of carbonyl (C=O) groups is 1. The summed E-state index contributed by atoms with van der Waals surface area (Å²) in [5.74, 6) is -0.966. The zero-order chi connectivity index (χ0) is 15.4. The molecule has 2 aromatic carbocycles. The van der Waals surface area contributed by atoms with Crippen LogP contribution in [0.3, 0.4) is 0 Å². The lowest BCUT2D eigenvalue weighted by atomic mass is 10.2. The molecule has 4 nitrogen and oxygen atoms in total. The number of aromatic carboxylic acids is 1. The lowest BCUT2D eigenvalue weighted by molar-refractivity contribution is 0.0697. The van der Waals surface area contributed by atoms with Crippen molar-refractivity contribution in [3.63, 3.8) is 0 Å². The van der Waals surface area contributed by atoms with Gasteiger partial charge in [0.05, 0.1) is 17.5 Å². The average molecular weight is 412 g/mol. The summed E-state index contributed by atoms with van der Waals surface area (Å²) in [7, 11) is 0. The Kier molecular flexibility index (Phi) is 5.14. The van der Waals surface area contributed by atoms with Crippen LogP contribution in [0.2, 0.25) is 0 Å². The van der Waals surface area contributed by atoms with Gasteiger partial charge in [0.1, 0.15) is 0 Å². The number of anilines is 1. The molecular weight excluding hydrogens is 400 g/mol. The molecule has 0 aliphatic carbocycles. The van der Waals surface area contributed by atoms with Gasteiger partial charge in [-0.1, -0.05) is 37.9 Å². The highest BCUT2D eigenvalue weighted by Gasteiger charge is 2.04. The first kappa shape index (κ1) is 15.7. The van der Waals surface area contributed by atoms with Gasteiger partial charge in [0.25, 0.3) is 0 Å². The minimum Gasteiger partial charge on any atom is -0.478 e. The smallest absolute Gasteiger partial charge is 0.335 e. The Morgan fingerprint density at radius 2 is 1.90 bits per heavy atom. The molecule has 0 radical (unpaired) electrons. The fraction of sp³-hybridized carbons (Fsp3) is 0.0667. The summed E-state index contributed by atoms with van der Waals surface area (Å²) in [5.41, 5.74) is 5.69. The number of nitrogens with zero attached hydrogens (tertiary/aromatic N) is 1. The summed E-state index contributed by atoms with van der Waals surface area (Å²) < 4.78 is 1.86. The molecule has 2 N–H and O–H groups in total. The molecule has 0 saturated heterocycles. The van der Waals surface area contributed by atoms with Crippen molar-refractivity contribution in [3.8, 4) is 0 Å². The Morgan fingerprint density at radius 3 is 2.52 bits per heavy atom. The van der Waals surface area contributed by atoms with Crippen molar-refractivity contribution in [3.05, 3.63) is 62.0 Å². The highest BCUT2D eigenvalue weighted by molar-refractivity contribution is 9.11. The number of hydrogen-bond acceptors (Lipinski definition) is 3. The molecule has 21 heavy (non-hydrogen) atoms. The molecule has 2 aromatic rings. The molecule has 0 spiro atoms. The third-order valence-corrected chi connectivity index (χ3v) is 4.03. The minimum absolute atomic E-state index is 0.216. The maximum absolute atomic E-state index is 10.9. The van der Waals surface area contributed by atoms with Crippen molar-refractivity contribution in [2.75, 3.05) is 5.43 Å². The van der Waals surface area contributed by atoms with Gasteiger partial charge in [0, 0.05) is 14.5 Å². The molecule has 108 valence electrons. The number of carboxylic acid groups (broad SMARTS) is 1. The van der Waals surface area contributed by atoms with E-state index >= 15 is 0 Å². The van der Waals surface area contributed by atoms with Gasteiger partial charge in [0.15, 0.2) is 0 Å². The van der Waals surface area contributed by atoms with E-state index in [0.717, 1.165) is 20.1 Å². The van der Waals surface area contributed by atoms with Crippen LogP contribution in [0.15, 0.2) is 50.4 Å². The summed E-state index contributed by atoms with van der Waals surface area (Å²) in [5, 5.41) is 13.1. The highest BCUT2D eigenvalue weighted by Crippen LogP contribution is 2.25. The predicted octanol–water partition coefficient (Wildman–Crippen LogP) is 4.66. The Labute approximate surface area is 139 Å². The lowest BCUT2D eigenvalue weighted by Gasteiger charge is -2.05. The Bertz CT molecular complexity index is 692. The number of hydrazone groups is 1. The van der Waals surface area contributed by atoms with Crippen LogP contribution >= 0.6 is 31.9 Å². The van der Waals surface area contributed by atoms with Crippen LogP contribution < -0.4 is 5.43 Å². The van der Waals surface area contributed by atoms with Gasteiger partial charge in [-0.05, 0) is 42.8 Å². The number of nitrogens with one attached hydrogen (secondary N) is 1. The number of aryl methyl sites for hydroxylation is 1. The second-order valence-corrected chi connectivity index (χ2v) is 6.11. The molecule has 6 heteroatoms. The standard InChI is InChI=1S/C15H12Br2N2O2/c1-9-5-13(16)12(14(17)6-9)8-18-19-11-4-2-3-10(7-11)15(20)21/h2-8,19H,1H3,(H,20,21)/b18-8+. The first-order valence-corrected chi connectivity index (χ1v) is 7.64. The average Bonchev–Trinajstić information content (AvgIpc) is 2.42. The molecule has 2 rings (SSSR count). The molecule has 0 heterocycles. The van der Waals surface area contributed by atoms with Crippen LogP contribution in [0.4, 0.5) is 5.69 Å². The van der Waals surface area contributed by atoms with Crippen LogP contribution in [0.1, 0.15) is 21.5 Å². The van der Waals surface area contributed by atoms with Crippen molar-refractivity contribution in [1.82, 2.24) is 0 Å². The summed E-state index contributed by atoms with van der Waals surface area (Å²) in [4.78, 5) is 10.9. The van der Waals surface area contributed by atoms with Crippen molar-refractivity contribution in [2.24, 2.45) is 5.10 Å². The van der Waals surface area contributed by atoms with Crippen LogP contribution in [0, 0.1) is 6.92 Å². The molecule has 0 aromatic heterocycles. The summed E-state index contributed by atoms with van der Waals surface area (Å²) in [6.45, 7) is 2.01. The van der Waals surface area contributed by atoms with Crippen molar-refractivity contribution in [1.29, 1.82) is 0 Å². The first-order valence-electron chi connectivity index (χ1n) is 6.05. The van der Waals surface area contributed by atoms with E-state index in [-0.39, 0.29) is 5.56 Å². The zero-order valence-electron chi connectivity index (χ0n) is 11.1. The van der Waals surface area contributed by atoms with E-state index in [9.17, 15) is 4.79 Å². The van der Waals surface area contributed by atoms with E-state index in [2.05, 4.69) is 42.4 Å². The minimum atomic E-state index is -0.966. The van der Waals surface area contributed by atoms with Gasteiger partial charge >= 0.3 is 5.97 Å². The van der Waals surface area contributed by atoms with E-state index in [1.807, 2.05) is 19.1 Å². The van der Waals surface area contributed by atoms with Gasteiger partial charge in [0.2, 0.25) is 0 Å². The molecule has 0 atom stereocenters. The molecule has 0 amide bonds. The van der Waals surface area contributed by atoms with Crippen molar-refractivity contribution < 1.29 is 9.90 Å². The number of benzene rings is 2. The lowest BCUT2D eigenvalue weighted by Crippen LogP contribution is -1.98. The molecule has 0 bridgehead atoms. The summed E-state index contributed by atoms with van der Waals surface area (Å²) in [6, 6.07) is 10.5. The SMILES string of the molecule is Cc1cc(Br)c(/C=N/Nc2cccc(C(=O)O)c2)c(Br)c1. The van der Waals surface area contributed by atoms with Crippen LogP contribution in [-0.2, 0) is 0 Å². The fourth-order valence-corrected chi connectivity index (χ4v) is 3.35. The van der Waals surface area contributed by atoms with Gasteiger partial charge in [-0.25, -0.2) is 4.79 Å². The van der Waals surface area contributed by atoms with Crippen molar-refractivity contribution >= 4 is 49.7 Å². The van der Waals surface area contributed by atoms with Gasteiger partial charge in [-0.15, -0.1) is 0 Å². The summed E-state index contributed by atoms with van der Waals surface area (Å²) >= 11 is 6.98. The van der Waals surface area contributed by atoms with Gasteiger partial charge < -0.3 is 5.11 Å². The maximum atomic E-state index is 10.9. The topological polar surface area (TPSA) is 61.7 Å². The summed E-state index contributed by atoms with van der Waals surface area (Å²) in [6.07, 6.45) is 1.67. The Morgan fingerprint density at radius 1 is 1.24 bits per heavy atom. The van der Waals surface area contributed by atoms with E-state index in [0.29, 0.717) is 5.69 Å². The maximum Gasteiger partial charge on any atom is 0.335 e. The van der Waals surface area contributed by atoms with E-state index in [4.69, 9.17) is 5.11 Å². The van der Waals surface area contributed by atoms with Gasteiger partial charge in [-0.2, -0.15) is 5.10 Å². The van der Waals surface area contributed by atoms with Gasteiger partial charge in [-0.3, -0.25) is 5.43 Å². The number of halogens is 2. The zero-order valence-corrected chi connectivity index (χ0v) is 14.3. The predicted molar refractivity (Wildman–Crippen MR) is 91.2 cm³/mol. The first-order chi connectivity index (χ1) is 9.97. The normalized spacial score (nSPS) is 10.8. The monoisotopic (exact) mass is 410 g/mol. The van der Waals surface area contributed by atoms with Crippen molar-refractivity contribution in [2.45, 2.75) is 6.92 Å². The molecule has 0 aliphatic heterocycles. The van der Waals surface area contributed by atoms with E-state index < -0.39 is 5.97 Å². The Balaban J connectivity index is 2.16. The molecule has 0 fully saturated rings. The van der Waals surface area contributed by atoms with Crippen LogP contribution in [0.25, 0.3) is 0 Å². The second-order valence-electron chi connectivity index (χ2n) is 4.40. The Hall–Kier alpha value is -1.66. The quantitative estimate of drug-likeness (QED) is 0.567. The van der Waals surface area contributed by atoms with E-state index in [1.165, 1.54) is 12.1 Å². The van der Waals surface area contributed by atoms with E-state index in [1.54, 1.807) is 18.3 Å². The fourth-order valence-electron chi connectivity index (χ4n) is 1.73. The molecule has 0 unspecified atom stereocenters. The molecular formula is C15H12Br2N2O2. The van der Waals surface area contributed by atoms with Crippen LogP contribution in [-0.4, -0.2) is 17.3 Å². The third kappa shape index (κ3) is 4.15. The second kappa shape index (κ2) is 6.87. The number of hydrogen-bond donors (Lipinski definition) is 2. The molecule has 0 aliphatic rings. The number of rotatable bonds is 4.